The predicted molar refractivity (Wildman–Crippen MR) is 124 cm³/mol. The van der Waals surface area contributed by atoms with Crippen LogP contribution in [-0.4, -0.2) is 57.2 Å². The molecule has 190 valence electrons. The first-order valence-electron chi connectivity index (χ1n) is 11.7. The maximum Gasteiger partial charge on any atom is 0.429 e. The highest BCUT2D eigenvalue weighted by Gasteiger charge is 2.50. The molecule has 1 aliphatic heterocycles. The van der Waals surface area contributed by atoms with E-state index in [2.05, 4.69) is 0 Å². The summed E-state index contributed by atoms with van der Waals surface area (Å²) >= 11 is 0. The molecule has 0 aromatic carbocycles. The molecule has 10 nitrogen and oxygen atoms in total. The molecule has 1 saturated carbocycles. The largest absolute Gasteiger partial charge is 0.504 e. The van der Waals surface area contributed by atoms with Crippen molar-refractivity contribution >= 4 is 23.8 Å². The maximum atomic E-state index is 13.0. The summed E-state index contributed by atoms with van der Waals surface area (Å²) in [6, 6.07) is 0. The topological polar surface area (TPSA) is 111 Å². The Hall–Kier alpha value is -2.91. The van der Waals surface area contributed by atoms with Gasteiger partial charge >= 0.3 is 18.2 Å². The first kappa shape index (κ1) is 25.7. The molecular weight excluding hydrogens is 442 g/mol. The van der Waals surface area contributed by atoms with Crippen molar-refractivity contribution in [3.63, 3.8) is 0 Å². The van der Waals surface area contributed by atoms with Crippen LogP contribution in [-0.2, 0) is 25.5 Å². The molecule has 2 heterocycles. The van der Waals surface area contributed by atoms with Crippen LogP contribution >= 0.6 is 0 Å². The molecule has 0 unspecified atom stereocenters. The molecule has 0 radical (unpaired) electrons. The van der Waals surface area contributed by atoms with Crippen LogP contribution in [0, 0.1) is 11.3 Å². The standard InChI is InChI=1S/C24H37N3O7/c1-9-32-19(29)24(8)10-15(11-24)12-26-18-16(13-27(26)21(31)34-23(5,6)7)25(14-17(18)28)20(30)33-22(2,3)4/h14-15,28H,9-13H2,1-8H3. The molecule has 1 aliphatic carbocycles. The molecule has 0 bridgehead atoms. The number of esters is 1. The summed E-state index contributed by atoms with van der Waals surface area (Å²) in [5.74, 6) is -0.287. The predicted octanol–water partition coefficient (Wildman–Crippen LogP) is 4.43. The lowest BCUT2D eigenvalue weighted by Gasteiger charge is -2.45. The van der Waals surface area contributed by atoms with E-state index in [1.54, 1.807) is 53.5 Å². The molecule has 1 amide bonds. The molecule has 0 atom stereocenters. The van der Waals surface area contributed by atoms with Crippen LogP contribution in [0.3, 0.4) is 0 Å². The lowest BCUT2D eigenvalue weighted by Crippen LogP contribution is -2.51. The van der Waals surface area contributed by atoms with Gasteiger partial charge in [-0.2, -0.15) is 0 Å². The van der Waals surface area contributed by atoms with Gasteiger partial charge in [-0.1, -0.05) is 0 Å². The fourth-order valence-corrected chi connectivity index (χ4v) is 4.51. The van der Waals surface area contributed by atoms with E-state index in [0.717, 1.165) is 0 Å². The van der Waals surface area contributed by atoms with Crippen molar-refractivity contribution in [1.82, 2.24) is 9.58 Å². The van der Waals surface area contributed by atoms with Gasteiger partial charge in [-0.3, -0.25) is 9.80 Å². The van der Waals surface area contributed by atoms with Crippen LogP contribution in [0.25, 0.3) is 0 Å². The number of aromatic nitrogens is 1. The number of amides is 1. The number of anilines is 1. The third kappa shape index (κ3) is 5.26. The van der Waals surface area contributed by atoms with Crippen molar-refractivity contribution in [3.05, 3.63) is 11.9 Å². The molecule has 3 rings (SSSR count). The Morgan fingerprint density at radius 2 is 1.62 bits per heavy atom. The second kappa shape index (κ2) is 8.70. The third-order valence-corrected chi connectivity index (χ3v) is 5.78. The smallest absolute Gasteiger partial charge is 0.429 e. The molecule has 1 aromatic heterocycles. The van der Waals surface area contributed by atoms with Crippen LogP contribution < -0.4 is 5.01 Å². The van der Waals surface area contributed by atoms with Crippen LogP contribution in [0.2, 0.25) is 0 Å². The van der Waals surface area contributed by atoms with Gasteiger partial charge in [0.15, 0.2) is 5.75 Å². The number of hydrogen-bond acceptors (Lipinski definition) is 8. The van der Waals surface area contributed by atoms with Crippen molar-refractivity contribution in [2.45, 2.75) is 86.0 Å². The zero-order valence-corrected chi connectivity index (χ0v) is 21.4. The lowest BCUT2D eigenvalue weighted by molar-refractivity contribution is -0.162. The molecule has 1 aromatic rings. The minimum absolute atomic E-state index is 0.0336. The average Bonchev–Trinajstić information content (AvgIpc) is 3.16. The number of hydrogen-bond donors (Lipinski definition) is 1. The fourth-order valence-electron chi connectivity index (χ4n) is 4.51. The van der Waals surface area contributed by atoms with E-state index in [0.29, 0.717) is 37.4 Å². The van der Waals surface area contributed by atoms with Crippen LogP contribution in [0.1, 0.15) is 73.9 Å². The fraction of sp³-hybridized carbons (Fsp3) is 0.708. The van der Waals surface area contributed by atoms with Gasteiger partial charge in [0.05, 0.1) is 30.5 Å². The molecule has 1 fully saturated rings. The Bertz CT molecular complexity index is 964. The second-order valence-electron chi connectivity index (χ2n) is 11.3. The van der Waals surface area contributed by atoms with E-state index in [1.165, 1.54) is 15.8 Å². The van der Waals surface area contributed by atoms with E-state index in [4.69, 9.17) is 14.2 Å². The second-order valence-corrected chi connectivity index (χ2v) is 11.3. The minimum atomic E-state index is -0.726. The molecule has 0 spiro atoms. The van der Waals surface area contributed by atoms with Crippen molar-refractivity contribution in [1.29, 1.82) is 0 Å². The number of carbonyl (C=O) groups is 3. The Kier molecular flexibility index (Phi) is 6.58. The molecule has 1 N–H and O–H groups in total. The number of aromatic hydroxyl groups is 1. The highest BCUT2D eigenvalue weighted by atomic mass is 16.6. The SMILES string of the molecule is CCOC(=O)C1(C)CC(CN2c3c(O)cn(C(=O)OC(C)(C)C)c3CN2C(=O)OC(C)(C)C)C1. The van der Waals surface area contributed by atoms with Crippen molar-refractivity contribution in [3.8, 4) is 5.75 Å². The van der Waals surface area contributed by atoms with Gasteiger partial charge in [-0.25, -0.2) is 19.2 Å². The van der Waals surface area contributed by atoms with Crippen LogP contribution in [0.4, 0.5) is 15.3 Å². The maximum absolute atomic E-state index is 13.0. The molecule has 2 aliphatic rings. The van der Waals surface area contributed by atoms with Gasteiger partial charge < -0.3 is 19.3 Å². The summed E-state index contributed by atoms with van der Waals surface area (Å²) in [6.07, 6.45) is 1.25. The molecular formula is C24H37N3O7. The molecule has 34 heavy (non-hydrogen) atoms. The number of rotatable bonds is 4. The number of hydrazine groups is 1. The molecule has 0 saturated heterocycles. The number of fused-ring (bicyclic) bond motifs is 1. The minimum Gasteiger partial charge on any atom is -0.504 e. The van der Waals surface area contributed by atoms with E-state index in [-0.39, 0.29) is 24.2 Å². The van der Waals surface area contributed by atoms with E-state index >= 15 is 0 Å². The summed E-state index contributed by atoms with van der Waals surface area (Å²) in [7, 11) is 0. The van der Waals surface area contributed by atoms with Crippen molar-refractivity contribution < 1.29 is 33.7 Å². The normalized spacial score (nSPS) is 22.2. The van der Waals surface area contributed by atoms with Gasteiger partial charge in [0.2, 0.25) is 0 Å². The quantitative estimate of drug-likeness (QED) is 0.499. The molecule has 10 heteroatoms. The van der Waals surface area contributed by atoms with Gasteiger partial charge in [0.1, 0.15) is 16.9 Å². The van der Waals surface area contributed by atoms with Gasteiger partial charge in [0, 0.05) is 6.54 Å². The lowest BCUT2D eigenvalue weighted by atomic mass is 9.63. The number of ether oxygens (including phenoxy) is 3. The third-order valence-electron chi connectivity index (χ3n) is 5.78. The van der Waals surface area contributed by atoms with Crippen molar-refractivity contribution in [2.75, 3.05) is 18.2 Å². The zero-order valence-electron chi connectivity index (χ0n) is 21.4. The Morgan fingerprint density at radius 3 is 2.15 bits per heavy atom. The monoisotopic (exact) mass is 479 g/mol. The first-order valence-corrected chi connectivity index (χ1v) is 11.7. The summed E-state index contributed by atoms with van der Waals surface area (Å²) in [5, 5.41) is 13.8. The van der Waals surface area contributed by atoms with E-state index < -0.39 is 28.8 Å². The summed E-state index contributed by atoms with van der Waals surface area (Å²) in [6.45, 7) is 15.0. The van der Waals surface area contributed by atoms with E-state index in [1.807, 2.05) is 6.92 Å². The van der Waals surface area contributed by atoms with Gasteiger partial charge in [-0.15, -0.1) is 0 Å². The summed E-state index contributed by atoms with van der Waals surface area (Å²) in [4.78, 5) is 38.1. The van der Waals surface area contributed by atoms with E-state index in [9.17, 15) is 19.5 Å². The number of carbonyl (C=O) groups excluding carboxylic acids is 3. The highest BCUT2D eigenvalue weighted by Crippen LogP contribution is 2.49. The zero-order chi connectivity index (χ0) is 25.6. The summed E-state index contributed by atoms with van der Waals surface area (Å²) < 4.78 is 17.5. The number of nitrogens with zero attached hydrogens (tertiary/aromatic N) is 3. The average molecular weight is 480 g/mol. The van der Waals surface area contributed by atoms with Crippen LogP contribution in [0.15, 0.2) is 6.20 Å². The first-order chi connectivity index (χ1) is 15.5. The Labute approximate surface area is 200 Å². The Balaban J connectivity index is 1.87. The van der Waals surface area contributed by atoms with Crippen molar-refractivity contribution in [2.24, 2.45) is 11.3 Å². The van der Waals surface area contributed by atoms with Gasteiger partial charge in [-0.05, 0) is 74.1 Å². The van der Waals surface area contributed by atoms with Crippen LogP contribution in [0.5, 0.6) is 5.75 Å². The Morgan fingerprint density at radius 1 is 1.06 bits per heavy atom. The summed E-state index contributed by atoms with van der Waals surface area (Å²) in [5.41, 5.74) is -1.22. The highest BCUT2D eigenvalue weighted by molar-refractivity contribution is 5.82. The van der Waals surface area contributed by atoms with Gasteiger partial charge in [0.25, 0.3) is 0 Å².